The van der Waals surface area contributed by atoms with E-state index in [0.29, 0.717) is 5.92 Å². The van der Waals surface area contributed by atoms with Crippen molar-refractivity contribution in [2.45, 2.75) is 12.3 Å². The smallest absolute Gasteiger partial charge is 0.0503 e. The van der Waals surface area contributed by atoms with E-state index in [1.807, 2.05) is 24.3 Å². The van der Waals surface area contributed by atoms with Gasteiger partial charge < -0.3 is 10.4 Å². The van der Waals surface area contributed by atoms with Gasteiger partial charge in [0.25, 0.3) is 0 Å². The first-order chi connectivity index (χ1) is 7.33. The van der Waals surface area contributed by atoms with Crippen molar-refractivity contribution in [3.05, 3.63) is 34.9 Å². The van der Waals surface area contributed by atoms with Crippen LogP contribution in [-0.2, 0) is 0 Å². The maximum atomic E-state index is 9.48. The summed E-state index contributed by atoms with van der Waals surface area (Å²) >= 11 is 6.14. The van der Waals surface area contributed by atoms with E-state index in [1.165, 1.54) is 0 Å². The lowest BCUT2D eigenvalue weighted by atomic mass is 9.86. The summed E-state index contributed by atoms with van der Waals surface area (Å²) in [6.45, 7) is 2.21. The number of aliphatic hydroxyl groups is 1. The zero-order valence-electron chi connectivity index (χ0n) is 8.62. The maximum absolute atomic E-state index is 9.48. The molecule has 0 spiro atoms. The zero-order chi connectivity index (χ0) is 10.7. The molecule has 1 aliphatic heterocycles. The van der Waals surface area contributed by atoms with E-state index < -0.39 is 0 Å². The lowest BCUT2D eigenvalue weighted by molar-refractivity contribution is 0.231. The van der Waals surface area contributed by atoms with Crippen LogP contribution in [0.5, 0.6) is 0 Å². The molecule has 0 radical (unpaired) electrons. The molecule has 1 aromatic rings. The van der Waals surface area contributed by atoms with Crippen molar-refractivity contribution in [3.8, 4) is 0 Å². The van der Waals surface area contributed by atoms with Crippen molar-refractivity contribution in [3.63, 3.8) is 0 Å². The summed E-state index contributed by atoms with van der Waals surface area (Å²) in [6, 6.07) is 7.81. The second-order valence-corrected chi connectivity index (χ2v) is 4.47. The van der Waals surface area contributed by atoms with Crippen LogP contribution in [0.25, 0.3) is 0 Å². The average molecular weight is 226 g/mol. The molecule has 0 bridgehead atoms. The number of hydrogen-bond donors (Lipinski definition) is 2. The number of rotatable bonds is 3. The van der Waals surface area contributed by atoms with E-state index in [1.54, 1.807) is 0 Å². The SMILES string of the molecule is OCC(c1ccccc1Cl)C1CCNC1. The molecule has 2 atom stereocenters. The summed E-state index contributed by atoms with van der Waals surface area (Å²) in [5.41, 5.74) is 1.08. The Kier molecular flexibility index (Phi) is 3.62. The topological polar surface area (TPSA) is 32.3 Å². The summed E-state index contributed by atoms with van der Waals surface area (Å²) in [7, 11) is 0. The van der Waals surface area contributed by atoms with Crippen LogP contribution in [0.1, 0.15) is 17.9 Å². The van der Waals surface area contributed by atoms with Crippen LogP contribution in [-0.4, -0.2) is 24.8 Å². The number of benzene rings is 1. The molecule has 0 aliphatic carbocycles. The van der Waals surface area contributed by atoms with Crippen molar-refractivity contribution < 1.29 is 5.11 Å². The summed E-state index contributed by atoms with van der Waals surface area (Å²) in [6.07, 6.45) is 1.12. The minimum atomic E-state index is 0.175. The van der Waals surface area contributed by atoms with Gasteiger partial charge in [-0.25, -0.2) is 0 Å². The van der Waals surface area contributed by atoms with Crippen molar-refractivity contribution in [1.82, 2.24) is 5.32 Å². The van der Waals surface area contributed by atoms with Gasteiger partial charge in [-0.05, 0) is 37.1 Å². The fourth-order valence-electron chi connectivity index (χ4n) is 2.30. The molecule has 2 unspecified atom stereocenters. The first-order valence-electron chi connectivity index (χ1n) is 5.39. The molecule has 0 aromatic heterocycles. The predicted octanol–water partition coefficient (Wildman–Crippen LogP) is 2.03. The van der Waals surface area contributed by atoms with Gasteiger partial charge in [0.15, 0.2) is 0 Å². The molecule has 2 N–H and O–H groups in total. The average Bonchev–Trinajstić information content (AvgIpc) is 2.75. The highest BCUT2D eigenvalue weighted by Gasteiger charge is 2.26. The molecule has 1 heterocycles. The molecule has 1 aliphatic rings. The summed E-state index contributed by atoms with van der Waals surface area (Å²) in [5, 5.41) is 13.6. The van der Waals surface area contributed by atoms with Crippen molar-refractivity contribution in [2.24, 2.45) is 5.92 Å². The minimum absolute atomic E-state index is 0.175. The Morgan fingerprint density at radius 3 is 2.87 bits per heavy atom. The Labute approximate surface area is 95.3 Å². The van der Waals surface area contributed by atoms with Crippen LogP contribution in [0.3, 0.4) is 0 Å². The van der Waals surface area contributed by atoms with E-state index in [4.69, 9.17) is 11.6 Å². The monoisotopic (exact) mass is 225 g/mol. The molecular formula is C12H16ClNO. The standard InChI is InChI=1S/C12H16ClNO/c13-12-4-2-1-3-10(12)11(8-15)9-5-6-14-7-9/h1-4,9,11,14-15H,5-8H2. The van der Waals surface area contributed by atoms with Gasteiger partial charge in [-0.3, -0.25) is 0 Å². The molecule has 3 heteroatoms. The molecule has 1 saturated heterocycles. The maximum Gasteiger partial charge on any atom is 0.0503 e. The van der Waals surface area contributed by atoms with E-state index in [-0.39, 0.29) is 12.5 Å². The van der Waals surface area contributed by atoms with Crippen LogP contribution >= 0.6 is 11.6 Å². The quantitative estimate of drug-likeness (QED) is 0.825. The number of nitrogens with one attached hydrogen (secondary N) is 1. The molecule has 1 aromatic carbocycles. The molecule has 15 heavy (non-hydrogen) atoms. The molecule has 2 rings (SSSR count). The predicted molar refractivity (Wildman–Crippen MR) is 62.3 cm³/mol. The van der Waals surface area contributed by atoms with E-state index in [2.05, 4.69) is 5.32 Å². The van der Waals surface area contributed by atoms with Gasteiger partial charge >= 0.3 is 0 Å². The molecule has 2 nitrogen and oxygen atoms in total. The lowest BCUT2D eigenvalue weighted by Crippen LogP contribution is -2.19. The number of halogens is 1. The van der Waals surface area contributed by atoms with Gasteiger partial charge in [-0.2, -0.15) is 0 Å². The highest BCUT2D eigenvalue weighted by Crippen LogP contribution is 2.32. The van der Waals surface area contributed by atoms with Crippen LogP contribution in [0.4, 0.5) is 0 Å². The molecule has 82 valence electrons. The Morgan fingerprint density at radius 1 is 1.47 bits per heavy atom. The molecular weight excluding hydrogens is 210 g/mol. The minimum Gasteiger partial charge on any atom is -0.396 e. The third-order valence-corrected chi connectivity index (χ3v) is 3.51. The normalized spacial score (nSPS) is 22.9. The highest BCUT2D eigenvalue weighted by molar-refractivity contribution is 6.31. The lowest BCUT2D eigenvalue weighted by Gasteiger charge is -2.21. The van der Waals surface area contributed by atoms with Gasteiger partial charge in [-0.1, -0.05) is 29.8 Å². The zero-order valence-corrected chi connectivity index (χ0v) is 9.37. The van der Waals surface area contributed by atoms with Gasteiger partial charge in [0.05, 0.1) is 6.61 Å². The van der Waals surface area contributed by atoms with Gasteiger partial charge in [-0.15, -0.1) is 0 Å². The molecule has 0 amide bonds. The largest absolute Gasteiger partial charge is 0.396 e. The molecule has 0 saturated carbocycles. The summed E-state index contributed by atoms with van der Waals surface area (Å²) < 4.78 is 0. The summed E-state index contributed by atoms with van der Waals surface area (Å²) in [4.78, 5) is 0. The van der Waals surface area contributed by atoms with Gasteiger partial charge in [0, 0.05) is 10.9 Å². The Morgan fingerprint density at radius 2 is 2.27 bits per heavy atom. The second-order valence-electron chi connectivity index (χ2n) is 4.06. The van der Waals surface area contributed by atoms with Crippen LogP contribution in [0.15, 0.2) is 24.3 Å². The Balaban J connectivity index is 2.22. The first kappa shape index (κ1) is 10.9. The highest BCUT2D eigenvalue weighted by atomic mass is 35.5. The Hall–Kier alpha value is -0.570. The van der Waals surface area contributed by atoms with E-state index in [9.17, 15) is 5.11 Å². The third-order valence-electron chi connectivity index (χ3n) is 3.17. The second kappa shape index (κ2) is 4.97. The fourth-order valence-corrected chi connectivity index (χ4v) is 2.57. The fraction of sp³-hybridized carbons (Fsp3) is 0.500. The number of aliphatic hydroxyl groups excluding tert-OH is 1. The van der Waals surface area contributed by atoms with Crippen molar-refractivity contribution >= 4 is 11.6 Å². The number of hydrogen-bond acceptors (Lipinski definition) is 2. The van der Waals surface area contributed by atoms with E-state index in [0.717, 1.165) is 30.1 Å². The molecule has 1 fully saturated rings. The van der Waals surface area contributed by atoms with Crippen LogP contribution < -0.4 is 5.32 Å². The summed E-state index contributed by atoms with van der Waals surface area (Å²) in [5.74, 6) is 0.684. The van der Waals surface area contributed by atoms with E-state index >= 15 is 0 Å². The van der Waals surface area contributed by atoms with Crippen LogP contribution in [0.2, 0.25) is 5.02 Å². The van der Waals surface area contributed by atoms with Crippen molar-refractivity contribution in [2.75, 3.05) is 19.7 Å². The van der Waals surface area contributed by atoms with Crippen molar-refractivity contribution in [1.29, 1.82) is 0 Å². The Bertz CT molecular complexity index is 323. The van der Waals surface area contributed by atoms with Gasteiger partial charge in [0.1, 0.15) is 0 Å². The third kappa shape index (κ3) is 2.33. The van der Waals surface area contributed by atoms with Gasteiger partial charge in [0.2, 0.25) is 0 Å². The van der Waals surface area contributed by atoms with Crippen LogP contribution in [0, 0.1) is 5.92 Å². The first-order valence-corrected chi connectivity index (χ1v) is 5.76.